The molecule has 2 heterocycles. The van der Waals surface area contributed by atoms with E-state index in [-0.39, 0.29) is 5.78 Å². The van der Waals surface area contributed by atoms with Gasteiger partial charge < -0.3 is 0 Å². The molecule has 0 atom stereocenters. The van der Waals surface area contributed by atoms with E-state index in [1.807, 2.05) is 48.7 Å². The number of nitrogens with zero attached hydrogens (tertiary/aromatic N) is 2. The summed E-state index contributed by atoms with van der Waals surface area (Å²) < 4.78 is 2.65. The number of hydrogen-bond acceptors (Lipinski definition) is 2. The number of hydrogen-bond donors (Lipinski definition) is 0. The van der Waals surface area contributed by atoms with Gasteiger partial charge in [-0.3, -0.25) is 4.79 Å². The second-order valence-electron chi connectivity index (χ2n) is 4.32. The lowest BCUT2D eigenvalue weighted by atomic mass is 10.0. The lowest BCUT2D eigenvalue weighted by Gasteiger charge is -2.00. The number of pyridine rings is 1. The second-order valence-corrected chi connectivity index (χ2v) is 5.24. The minimum absolute atomic E-state index is 0.0866. The molecule has 3 rings (SSSR count). The first-order valence-corrected chi connectivity index (χ1v) is 6.73. The molecule has 0 saturated heterocycles. The molecule has 0 N–H and O–H groups in total. The van der Waals surface area contributed by atoms with Crippen molar-refractivity contribution in [3.63, 3.8) is 0 Å². The van der Waals surface area contributed by atoms with Crippen LogP contribution in [0.4, 0.5) is 0 Å². The number of rotatable bonds is 3. The molecule has 0 saturated carbocycles. The number of carbonyl (C=O) groups excluding carboxylic acids is 1. The highest BCUT2D eigenvalue weighted by Gasteiger charge is 2.13. The van der Waals surface area contributed by atoms with Crippen molar-refractivity contribution >= 4 is 27.2 Å². The van der Waals surface area contributed by atoms with Crippen LogP contribution in [-0.2, 0) is 6.42 Å². The molecular formula is C15H11BrN2O. The molecule has 0 amide bonds. The third-order valence-corrected chi connectivity index (χ3v) is 3.46. The summed E-state index contributed by atoms with van der Waals surface area (Å²) >= 11 is 3.39. The Morgan fingerprint density at radius 2 is 1.95 bits per heavy atom. The summed E-state index contributed by atoms with van der Waals surface area (Å²) in [5, 5.41) is 4.21. The van der Waals surface area contributed by atoms with Crippen LogP contribution in [-0.4, -0.2) is 15.4 Å². The Morgan fingerprint density at radius 1 is 1.16 bits per heavy atom. The standard InChI is InChI=1S/C15H11BrN2O/c16-12-6-7-14-13(9-17-18(14)10-12)15(19)8-11-4-2-1-3-5-11/h1-7,9-10H,8H2. The summed E-state index contributed by atoms with van der Waals surface area (Å²) in [6.07, 6.45) is 3.87. The van der Waals surface area contributed by atoms with Gasteiger partial charge in [0, 0.05) is 17.1 Å². The van der Waals surface area contributed by atoms with Gasteiger partial charge in [0.25, 0.3) is 0 Å². The first-order valence-electron chi connectivity index (χ1n) is 5.94. The minimum Gasteiger partial charge on any atom is -0.294 e. The number of aromatic nitrogens is 2. The minimum atomic E-state index is 0.0866. The van der Waals surface area contributed by atoms with E-state index in [1.165, 1.54) is 0 Å². The number of Topliss-reactive ketones (excluding diaryl/α,β-unsaturated/α-hetero) is 1. The van der Waals surface area contributed by atoms with Gasteiger partial charge >= 0.3 is 0 Å². The average Bonchev–Trinajstić information content (AvgIpc) is 2.82. The first-order chi connectivity index (χ1) is 9.24. The topological polar surface area (TPSA) is 34.4 Å². The fraction of sp³-hybridized carbons (Fsp3) is 0.0667. The molecule has 3 nitrogen and oxygen atoms in total. The highest BCUT2D eigenvalue weighted by atomic mass is 79.9. The fourth-order valence-electron chi connectivity index (χ4n) is 2.05. The van der Waals surface area contributed by atoms with Gasteiger partial charge in [0.05, 0.1) is 17.3 Å². The van der Waals surface area contributed by atoms with Crippen LogP contribution in [0.2, 0.25) is 0 Å². The molecule has 2 aromatic heterocycles. The SMILES string of the molecule is O=C(Cc1ccccc1)c1cnn2cc(Br)ccc12. The van der Waals surface area contributed by atoms with Gasteiger partial charge in [0.15, 0.2) is 5.78 Å². The van der Waals surface area contributed by atoms with E-state index in [0.717, 1.165) is 15.6 Å². The zero-order chi connectivity index (χ0) is 13.2. The van der Waals surface area contributed by atoms with Crippen molar-refractivity contribution < 1.29 is 4.79 Å². The Kier molecular flexibility index (Phi) is 3.17. The molecule has 0 aliphatic rings. The Morgan fingerprint density at radius 3 is 2.74 bits per heavy atom. The van der Waals surface area contributed by atoms with Crippen molar-refractivity contribution in [1.29, 1.82) is 0 Å². The van der Waals surface area contributed by atoms with Gasteiger partial charge in [0.2, 0.25) is 0 Å². The van der Waals surface area contributed by atoms with E-state index in [9.17, 15) is 4.79 Å². The van der Waals surface area contributed by atoms with Crippen LogP contribution in [0.3, 0.4) is 0 Å². The molecule has 0 bridgehead atoms. The monoisotopic (exact) mass is 314 g/mol. The van der Waals surface area contributed by atoms with E-state index >= 15 is 0 Å². The van der Waals surface area contributed by atoms with Crippen molar-refractivity contribution in [1.82, 2.24) is 9.61 Å². The van der Waals surface area contributed by atoms with Crippen LogP contribution < -0.4 is 0 Å². The van der Waals surface area contributed by atoms with Crippen molar-refractivity contribution in [3.05, 3.63) is 70.5 Å². The first kappa shape index (κ1) is 12.1. The summed E-state index contributed by atoms with van der Waals surface area (Å²) in [7, 11) is 0. The van der Waals surface area contributed by atoms with E-state index in [2.05, 4.69) is 21.0 Å². The van der Waals surface area contributed by atoms with Crippen LogP contribution in [0.25, 0.3) is 5.52 Å². The van der Waals surface area contributed by atoms with Crippen LogP contribution >= 0.6 is 15.9 Å². The molecule has 4 heteroatoms. The number of fused-ring (bicyclic) bond motifs is 1. The Hall–Kier alpha value is -1.94. The number of carbonyl (C=O) groups is 1. The van der Waals surface area contributed by atoms with Gasteiger partial charge in [-0.2, -0.15) is 5.10 Å². The smallest absolute Gasteiger partial charge is 0.171 e. The van der Waals surface area contributed by atoms with Gasteiger partial charge in [-0.1, -0.05) is 30.3 Å². The van der Waals surface area contributed by atoms with Crippen molar-refractivity contribution in [3.8, 4) is 0 Å². The van der Waals surface area contributed by atoms with Gasteiger partial charge in [-0.15, -0.1) is 0 Å². The van der Waals surface area contributed by atoms with E-state index < -0.39 is 0 Å². The predicted molar refractivity (Wildman–Crippen MR) is 77.4 cm³/mol. The number of benzene rings is 1. The summed E-state index contributed by atoms with van der Waals surface area (Å²) in [6.45, 7) is 0. The molecule has 3 aromatic rings. The van der Waals surface area contributed by atoms with Crippen molar-refractivity contribution in [2.45, 2.75) is 6.42 Å². The zero-order valence-electron chi connectivity index (χ0n) is 10.1. The molecule has 0 aliphatic carbocycles. The van der Waals surface area contributed by atoms with E-state index in [4.69, 9.17) is 0 Å². The van der Waals surface area contributed by atoms with Gasteiger partial charge in [-0.05, 0) is 33.6 Å². The molecule has 94 valence electrons. The summed E-state index contributed by atoms with van der Waals surface area (Å²) in [4.78, 5) is 12.3. The summed E-state index contributed by atoms with van der Waals surface area (Å²) in [6, 6.07) is 13.6. The fourth-order valence-corrected chi connectivity index (χ4v) is 2.38. The van der Waals surface area contributed by atoms with Gasteiger partial charge in [-0.25, -0.2) is 4.52 Å². The molecule has 0 radical (unpaired) electrons. The molecule has 1 aromatic carbocycles. The maximum Gasteiger partial charge on any atom is 0.171 e. The van der Waals surface area contributed by atoms with E-state index in [1.54, 1.807) is 10.7 Å². The normalized spacial score (nSPS) is 10.8. The zero-order valence-corrected chi connectivity index (χ0v) is 11.7. The average molecular weight is 315 g/mol. The maximum atomic E-state index is 12.3. The highest BCUT2D eigenvalue weighted by Crippen LogP contribution is 2.17. The molecule has 0 unspecified atom stereocenters. The van der Waals surface area contributed by atoms with Crippen molar-refractivity contribution in [2.75, 3.05) is 0 Å². The highest BCUT2D eigenvalue weighted by molar-refractivity contribution is 9.10. The molecule has 0 fully saturated rings. The number of ketones is 1. The van der Waals surface area contributed by atoms with Crippen LogP contribution in [0.5, 0.6) is 0 Å². The summed E-state index contributed by atoms with van der Waals surface area (Å²) in [5.41, 5.74) is 2.52. The lowest BCUT2D eigenvalue weighted by molar-refractivity contribution is 0.0994. The number of halogens is 1. The Bertz CT molecular complexity index is 734. The maximum absolute atomic E-state index is 12.3. The molecular weight excluding hydrogens is 304 g/mol. The predicted octanol–water partition coefficient (Wildman–Crippen LogP) is 3.52. The Balaban J connectivity index is 1.94. The third-order valence-electron chi connectivity index (χ3n) is 2.99. The molecule has 0 aliphatic heterocycles. The largest absolute Gasteiger partial charge is 0.294 e. The van der Waals surface area contributed by atoms with Crippen molar-refractivity contribution in [2.24, 2.45) is 0 Å². The van der Waals surface area contributed by atoms with Gasteiger partial charge in [0.1, 0.15) is 0 Å². The van der Waals surface area contributed by atoms with Crippen LogP contribution in [0.1, 0.15) is 15.9 Å². The second kappa shape index (κ2) is 4.97. The van der Waals surface area contributed by atoms with Crippen LogP contribution in [0, 0.1) is 0 Å². The lowest BCUT2D eigenvalue weighted by Crippen LogP contribution is -2.03. The summed E-state index contributed by atoms with van der Waals surface area (Å²) in [5.74, 6) is 0.0866. The quantitative estimate of drug-likeness (QED) is 0.693. The molecule has 0 spiro atoms. The molecule has 19 heavy (non-hydrogen) atoms. The Labute approximate surface area is 119 Å². The van der Waals surface area contributed by atoms with E-state index in [0.29, 0.717) is 12.0 Å². The third kappa shape index (κ3) is 2.44. The van der Waals surface area contributed by atoms with Crippen LogP contribution in [0.15, 0.2) is 59.3 Å².